The first-order valence-electron chi connectivity index (χ1n) is 11.4. The van der Waals surface area contributed by atoms with E-state index < -0.39 is 6.04 Å². The fourth-order valence-corrected chi connectivity index (χ4v) is 5.13. The van der Waals surface area contributed by atoms with Gasteiger partial charge in [0, 0.05) is 56.6 Å². The molecule has 0 fully saturated rings. The number of thiophene rings is 1. The number of carbonyl (C=O) groups is 1. The van der Waals surface area contributed by atoms with Crippen LogP contribution in [0.15, 0.2) is 101 Å². The number of aliphatic imine (C=N–C) groups is 1. The van der Waals surface area contributed by atoms with Crippen LogP contribution in [0.4, 0.5) is 11.4 Å². The number of hydrogen-bond acceptors (Lipinski definition) is 7. The van der Waals surface area contributed by atoms with Crippen LogP contribution in [0, 0.1) is 5.41 Å². The van der Waals surface area contributed by atoms with Crippen LogP contribution in [0.25, 0.3) is 10.4 Å². The molecule has 178 valence electrons. The van der Waals surface area contributed by atoms with Crippen molar-refractivity contribution in [3.8, 4) is 10.4 Å². The van der Waals surface area contributed by atoms with Crippen molar-refractivity contribution in [1.29, 1.82) is 5.41 Å². The molecule has 0 saturated carbocycles. The van der Waals surface area contributed by atoms with Crippen molar-refractivity contribution in [1.82, 2.24) is 10.3 Å². The number of anilines is 2. The van der Waals surface area contributed by atoms with E-state index >= 15 is 0 Å². The molecule has 0 spiro atoms. The Morgan fingerprint density at radius 1 is 1.06 bits per heavy atom. The van der Waals surface area contributed by atoms with E-state index in [0.29, 0.717) is 28.3 Å². The normalized spacial score (nSPS) is 15.1. The molecule has 5 N–H and O–H groups in total. The molecule has 1 unspecified atom stereocenters. The van der Waals surface area contributed by atoms with Crippen LogP contribution in [0.1, 0.15) is 29.0 Å². The largest absolute Gasteiger partial charge is 0.398 e. The summed E-state index contributed by atoms with van der Waals surface area (Å²) >= 11 is 1.62. The summed E-state index contributed by atoms with van der Waals surface area (Å²) in [5.41, 5.74) is 10.8. The topological polar surface area (TPSA) is 116 Å². The average Bonchev–Trinajstić information content (AvgIpc) is 3.40. The van der Waals surface area contributed by atoms with E-state index in [1.165, 1.54) is 6.21 Å². The lowest BCUT2D eigenvalue weighted by atomic mass is 9.99. The highest BCUT2D eigenvalue weighted by molar-refractivity contribution is 7.15. The van der Waals surface area contributed by atoms with Gasteiger partial charge in [-0.2, -0.15) is 0 Å². The monoisotopic (exact) mass is 492 g/mol. The maximum absolute atomic E-state index is 13.6. The number of nitrogens with zero attached hydrogens (tertiary/aromatic N) is 2. The molecule has 4 aromatic rings. The van der Waals surface area contributed by atoms with Gasteiger partial charge in [0.05, 0.1) is 5.57 Å². The summed E-state index contributed by atoms with van der Waals surface area (Å²) in [4.78, 5) is 24.8. The summed E-state index contributed by atoms with van der Waals surface area (Å²) in [5, 5.41) is 13.8. The van der Waals surface area contributed by atoms with E-state index in [4.69, 9.17) is 16.1 Å². The molecule has 0 bridgehead atoms. The van der Waals surface area contributed by atoms with Crippen molar-refractivity contribution in [2.75, 3.05) is 11.1 Å². The van der Waals surface area contributed by atoms with Crippen molar-refractivity contribution in [3.05, 3.63) is 112 Å². The number of nitrogen functional groups attached to an aromatic ring is 1. The van der Waals surface area contributed by atoms with Gasteiger partial charge in [-0.25, -0.2) is 0 Å². The predicted molar refractivity (Wildman–Crippen MR) is 146 cm³/mol. The lowest BCUT2D eigenvalue weighted by molar-refractivity contribution is -0.113. The van der Waals surface area contributed by atoms with Gasteiger partial charge in [0.15, 0.2) is 0 Å². The fourth-order valence-electron chi connectivity index (χ4n) is 4.07. The second-order valence-electron chi connectivity index (χ2n) is 8.29. The number of carbonyl (C=O) groups excluding carboxylic acids is 1. The Morgan fingerprint density at radius 2 is 1.83 bits per heavy atom. The summed E-state index contributed by atoms with van der Waals surface area (Å²) in [6.45, 7) is 1.88. The van der Waals surface area contributed by atoms with Crippen LogP contribution < -0.4 is 16.4 Å². The third-order valence-corrected chi connectivity index (χ3v) is 7.08. The number of pyridine rings is 1. The third kappa shape index (κ3) is 4.67. The molecule has 0 saturated heterocycles. The SMILES string of the molecule is CC1=C(C(=O)Nc2ccc(N)c(C=N)c2)C(c2ccc(-c3ccccc3)s2)N=C(c2ccncc2)N1. The Bertz CT molecular complexity index is 1490. The first-order valence-corrected chi connectivity index (χ1v) is 12.2. The zero-order valence-corrected chi connectivity index (χ0v) is 20.3. The highest BCUT2D eigenvalue weighted by Gasteiger charge is 2.31. The predicted octanol–water partition coefficient (Wildman–Crippen LogP) is 5.39. The molecule has 7 nitrogen and oxygen atoms in total. The molecular formula is C28H24N6OS. The maximum atomic E-state index is 13.6. The molecular weight excluding hydrogens is 468 g/mol. The Morgan fingerprint density at radius 3 is 2.58 bits per heavy atom. The molecule has 2 aromatic carbocycles. The van der Waals surface area contributed by atoms with Crippen LogP contribution in [0.2, 0.25) is 0 Å². The molecule has 1 amide bonds. The maximum Gasteiger partial charge on any atom is 0.255 e. The van der Waals surface area contributed by atoms with Crippen LogP contribution in [-0.2, 0) is 4.79 Å². The molecule has 8 heteroatoms. The number of amides is 1. The van der Waals surface area contributed by atoms with Crippen molar-refractivity contribution >= 4 is 40.7 Å². The molecule has 1 aliphatic heterocycles. The molecule has 0 radical (unpaired) electrons. The first kappa shape index (κ1) is 23.2. The third-order valence-electron chi connectivity index (χ3n) is 5.89. The Labute approximate surface area is 213 Å². The van der Waals surface area contributed by atoms with Crippen LogP contribution in [0.5, 0.6) is 0 Å². The van der Waals surface area contributed by atoms with Gasteiger partial charge < -0.3 is 21.8 Å². The molecule has 5 rings (SSSR count). The van der Waals surface area contributed by atoms with E-state index in [0.717, 1.165) is 26.6 Å². The number of nitrogens with one attached hydrogen (secondary N) is 3. The highest BCUT2D eigenvalue weighted by Crippen LogP contribution is 2.39. The van der Waals surface area contributed by atoms with Gasteiger partial charge in [-0.1, -0.05) is 30.3 Å². The van der Waals surface area contributed by atoms with Crippen molar-refractivity contribution in [3.63, 3.8) is 0 Å². The van der Waals surface area contributed by atoms with Gasteiger partial charge in [0.2, 0.25) is 0 Å². The van der Waals surface area contributed by atoms with E-state index in [-0.39, 0.29) is 5.91 Å². The van der Waals surface area contributed by atoms with E-state index in [1.807, 2.05) is 43.3 Å². The van der Waals surface area contributed by atoms with Crippen LogP contribution in [0.3, 0.4) is 0 Å². The van der Waals surface area contributed by atoms with Gasteiger partial charge >= 0.3 is 0 Å². The number of amidine groups is 1. The van der Waals surface area contributed by atoms with Gasteiger partial charge in [-0.15, -0.1) is 11.3 Å². The van der Waals surface area contributed by atoms with Crippen LogP contribution >= 0.6 is 11.3 Å². The summed E-state index contributed by atoms with van der Waals surface area (Å²) < 4.78 is 0. The minimum atomic E-state index is -0.493. The number of rotatable bonds is 6. The second-order valence-corrected chi connectivity index (χ2v) is 9.41. The Hall–Kier alpha value is -4.56. The first-order chi connectivity index (χ1) is 17.5. The average molecular weight is 493 g/mol. The number of allylic oxidation sites excluding steroid dienone is 1. The smallest absolute Gasteiger partial charge is 0.255 e. The minimum absolute atomic E-state index is 0.266. The van der Waals surface area contributed by atoms with Crippen molar-refractivity contribution in [2.45, 2.75) is 13.0 Å². The zero-order valence-electron chi connectivity index (χ0n) is 19.5. The Kier molecular flexibility index (Phi) is 6.42. The number of hydrogen-bond donors (Lipinski definition) is 4. The van der Waals surface area contributed by atoms with Gasteiger partial charge in [-0.3, -0.25) is 14.8 Å². The minimum Gasteiger partial charge on any atom is -0.398 e. The number of nitrogens with two attached hydrogens (primary N) is 1. The molecule has 36 heavy (non-hydrogen) atoms. The summed E-state index contributed by atoms with van der Waals surface area (Å²) in [6.07, 6.45) is 4.61. The van der Waals surface area contributed by atoms with Gasteiger partial charge in [0.1, 0.15) is 11.9 Å². The molecule has 0 aliphatic carbocycles. The standard InChI is InChI=1S/C28H24N6OS/c1-17-25(28(35)33-21-7-8-22(30)20(15-21)16-29)26(34-27(32-17)19-11-13-31-14-12-19)24-10-9-23(36-24)18-5-3-2-4-6-18/h2-16,26,29H,30H2,1H3,(H,32,34)(H,33,35). The van der Waals surface area contributed by atoms with Crippen molar-refractivity contribution in [2.24, 2.45) is 4.99 Å². The van der Waals surface area contributed by atoms with E-state index in [9.17, 15) is 4.79 Å². The van der Waals surface area contributed by atoms with E-state index in [1.54, 1.807) is 41.9 Å². The highest BCUT2D eigenvalue weighted by atomic mass is 32.1. The quantitative estimate of drug-likeness (QED) is 0.213. The molecule has 1 atom stereocenters. The van der Waals surface area contributed by atoms with E-state index in [2.05, 4.69) is 33.8 Å². The lowest BCUT2D eigenvalue weighted by Crippen LogP contribution is -2.33. The summed E-state index contributed by atoms with van der Waals surface area (Å²) in [6, 6.07) is 22.6. The lowest BCUT2D eigenvalue weighted by Gasteiger charge is -2.26. The molecule has 1 aliphatic rings. The summed E-state index contributed by atoms with van der Waals surface area (Å²) in [5.74, 6) is 0.419. The number of benzene rings is 2. The zero-order chi connectivity index (χ0) is 25.1. The molecule has 2 aromatic heterocycles. The summed E-state index contributed by atoms with van der Waals surface area (Å²) in [7, 11) is 0. The number of aromatic nitrogens is 1. The fraction of sp³-hybridized carbons (Fsp3) is 0.0714. The second kappa shape index (κ2) is 9.97. The Balaban J connectivity index is 1.53. The van der Waals surface area contributed by atoms with Crippen LogP contribution in [-0.4, -0.2) is 22.9 Å². The van der Waals surface area contributed by atoms with Crippen molar-refractivity contribution < 1.29 is 4.79 Å². The molecule has 3 heterocycles. The van der Waals surface area contributed by atoms with Gasteiger partial charge in [-0.05, 0) is 55.0 Å². The van der Waals surface area contributed by atoms with Gasteiger partial charge in [0.25, 0.3) is 5.91 Å².